The monoisotopic (exact) mass is 194 g/mol. The zero-order valence-corrected chi connectivity index (χ0v) is 8.45. The van der Waals surface area contributed by atoms with Crippen molar-refractivity contribution in [1.29, 1.82) is 5.26 Å². The molecule has 1 aromatic rings. The van der Waals surface area contributed by atoms with Crippen molar-refractivity contribution in [1.82, 2.24) is 15.5 Å². The number of aromatic nitrogens is 2. The van der Waals surface area contributed by atoms with Gasteiger partial charge in [-0.2, -0.15) is 10.2 Å². The van der Waals surface area contributed by atoms with Crippen molar-refractivity contribution in [3.8, 4) is 6.07 Å². The average molecular weight is 194 g/mol. The standard InChI is InChI=1S/C9H14N4O/c1-3-8(4-5-10)11-6-9-12-7(2)13-14-9/h8,11H,3-4,6H2,1-2H3. The first kappa shape index (κ1) is 10.7. The molecule has 76 valence electrons. The second-order valence-electron chi connectivity index (χ2n) is 3.08. The predicted molar refractivity (Wildman–Crippen MR) is 50.2 cm³/mol. The number of hydrogen-bond acceptors (Lipinski definition) is 5. The normalized spacial score (nSPS) is 12.4. The van der Waals surface area contributed by atoms with Crippen molar-refractivity contribution >= 4 is 0 Å². The lowest BCUT2D eigenvalue weighted by atomic mass is 10.2. The Balaban J connectivity index is 2.36. The molecular weight excluding hydrogens is 180 g/mol. The van der Waals surface area contributed by atoms with E-state index in [1.54, 1.807) is 6.92 Å². The molecule has 0 bridgehead atoms. The van der Waals surface area contributed by atoms with Gasteiger partial charge in [-0.1, -0.05) is 12.1 Å². The number of nitrogens with one attached hydrogen (secondary N) is 1. The highest BCUT2D eigenvalue weighted by atomic mass is 16.5. The van der Waals surface area contributed by atoms with Crippen LogP contribution in [0, 0.1) is 18.3 Å². The predicted octanol–water partition coefficient (Wildman–Crippen LogP) is 1.16. The van der Waals surface area contributed by atoms with Gasteiger partial charge in [-0.3, -0.25) is 0 Å². The molecule has 0 aliphatic heterocycles. The molecule has 1 rings (SSSR count). The number of rotatable bonds is 5. The van der Waals surface area contributed by atoms with Crippen LogP contribution in [-0.2, 0) is 6.54 Å². The molecular formula is C9H14N4O. The van der Waals surface area contributed by atoms with E-state index in [1.807, 2.05) is 6.92 Å². The van der Waals surface area contributed by atoms with Gasteiger partial charge >= 0.3 is 0 Å². The molecule has 0 aromatic carbocycles. The lowest BCUT2D eigenvalue weighted by Gasteiger charge is -2.10. The molecule has 1 aromatic heterocycles. The van der Waals surface area contributed by atoms with E-state index in [0.717, 1.165) is 6.42 Å². The van der Waals surface area contributed by atoms with Crippen molar-refractivity contribution in [3.63, 3.8) is 0 Å². The highest BCUT2D eigenvalue weighted by Gasteiger charge is 2.07. The van der Waals surface area contributed by atoms with E-state index in [2.05, 4.69) is 21.5 Å². The fourth-order valence-corrected chi connectivity index (χ4v) is 1.11. The van der Waals surface area contributed by atoms with Crippen LogP contribution in [0.4, 0.5) is 0 Å². The van der Waals surface area contributed by atoms with Gasteiger partial charge in [0.1, 0.15) is 0 Å². The van der Waals surface area contributed by atoms with E-state index in [0.29, 0.717) is 24.7 Å². The summed E-state index contributed by atoms with van der Waals surface area (Å²) in [5, 5.41) is 15.4. The Morgan fingerprint density at radius 2 is 2.43 bits per heavy atom. The lowest BCUT2D eigenvalue weighted by molar-refractivity contribution is 0.352. The third-order valence-corrected chi connectivity index (χ3v) is 1.94. The van der Waals surface area contributed by atoms with Crippen molar-refractivity contribution in [2.45, 2.75) is 39.3 Å². The second-order valence-corrected chi connectivity index (χ2v) is 3.08. The van der Waals surface area contributed by atoms with Crippen LogP contribution in [0.1, 0.15) is 31.5 Å². The zero-order chi connectivity index (χ0) is 10.4. The quantitative estimate of drug-likeness (QED) is 0.761. The molecule has 1 unspecified atom stereocenters. The fourth-order valence-electron chi connectivity index (χ4n) is 1.11. The third kappa shape index (κ3) is 3.15. The van der Waals surface area contributed by atoms with E-state index in [1.165, 1.54) is 0 Å². The van der Waals surface area contributed by atoms with E-state index < -0.39 is 0 Å². The molecule has 0 saturated carbocycles. The summed E-state index contributed by atoms with van der Waals surface area (Å²) in [6.07, 6.45) is 1.42. The van der Waals surface area contributed by atoms with Gasteiger partial charge in [-0.25, -0.2) is 0 Å². The molecule has 0 spiro atoms. The number of hydrogen-bond donors (Lipinski definition) is 1. The number of nitrogens with zero attached hydrogens (tertiary/aromatic N) is 3. The van der Waals surface area contributed by atoms with E-state index >= 15 is 0 Å². The van der Waals surface area contributed by atoms with Gasteiger partial charge in [0.25, 0.3) is 0 Å². The van der Waals surface area contributed by atoms with Gasteiger partial charge in [0, 0.05) is 6.04 Å². The minimum absolute atomic E-state index is 0.201. The smallest absolute Gasteiger partial charge is 0.240 e. The topological polar surface area (TPSA) is 74.7 Å². The maximum Gasteiger partial charge on any atom is 0.240 e. The summed E-state index contributed by atoms with van der Waals surface area (Å²) in [7, 11) is 0. The summed E-state index contributed by atoms with van der Waals surface area (Å²) in [5.74, 6) is 1.20. The molecule has 5 nitrogen and oxygen atoms in total. The molecule has 0 amide bonds. The Morgan fingerprint density at radius 3 is 2.93 bits per heavy atom. The molecule has 0 aliphatic carbocycles. The van der Waals surface area contributed by atoms with Crippen LogP contribution in [0.2, 0.25) is 0 Å². The maximum absolute atomic E-state index is 8.53. The first-order valence-corrected chi connectivity index (χ1v) is 4.65. The van der Waals surface area contributed by atoms with E-state index in [9.17, 15) is 0 Å². The minimum atomic E-state index is 0.201. The Kier molecular flexibility index (Phi) is 4.08. The summed E-state index contributed by atoms with van der Waals surface area (Å²) in [5.41, 5.74) is 0. The van der Waals surface area contributed by atoms with Crippen LogP contribution in [0.25, 0.3) is 0 Å². The highest BCUT2D eigenvalue weighted by Crippen LogP contribution is 2.00. The summed E-state index contributed by atoms with van der Waals surface area (Å²) in [6.45, 7) is 4.34. The Morgan fingerprint density at radius 1 is 1.64 bits per heavy atom. The lowest BCUT2D eigenvalue weighted by Crippen LogP contribution is -2.27. The Hall–Kier alpha value is -1.41. The van der Waals surface area contributed by atoms with Crippen molar-refractivity contribution < 1.29 is 4.52 Å². The number of aryl methyl sites for hydroxylation is 1. The molecule has 5 heteroatoms. The molecule has 1 N–H and O–H groups in total. The van der Waals surface area contributed by atoms with Crippen LogP contribution in [-0.4, -0.2) is 16.2 Å². The summed E-state index contributed by atoms with van der Waals surface area (Å²) in [6, 6.07) is 2.33. The first-order chi connectivity index (χ1) is 6.76. The molecule has 0 fully saturated rings. The fraction of sp³-hybridized carbons (Fsp3) is 0.667. The van der Waals surface area contributed by atoms with Gasteiger partial charge in [0.2, 0.25) is 5.89 Å². The van der Waals surface area contributed by atoms with Crippen LogP contribution >= 0.6 is 0 Å². The van der Waals surface area contributed by atoms with Gasteiger partial charge in [-0.05, 0) is 13.3 Å². The van der Waals surface area contributed by atoms with Gasteiger partial charge in [0.05, 0.1) is 19.0 Å². The molecule has 1 heterocycles. The van der Waals surface area contributed by atoms with Gasteiger partial charge in [-0.15, -0.1) is 0 Å². The largest absolute Gasteiger partial charge is 0.338 e. The van der Waals surface area contributed by atoms with Crippen LogP contribution < -0.4 is 5.32 Å². The van der Waals surface area contributed by atoms with Crippen LogP contribution in [0.3, 0.4) is 0 Å². The van der Waals surface area contributed by atoms with Crippen LogP contribution in [0.5, 0.6) is 0 Å². The summed E-state index contributed by atoms with van der Waals surface area (Å²) < 4.78 is 4.93. The number of nitriles is 1. The Bertz CT molecular complexity index is 315. The third-order valence-electron chi connectivity index (χ3n) is 1.94. The SMILES string of the molecule is CCC(CC#N)NCc1nc(C)no1. The van der Waals surface area contributed by atoms with Crippen molar-refractivity contribution in [3.05, 3.63) is 11.7 Å². The van der Waals surface area contributed by atoms with Gasteiger partial charge < -0.3 is 9.84 Å². The maximum atomic E-state index is 8.53. The van der Waals surface area contributed by atoms with E-state index in [-0.39, 0.29) is 6.04 Å². The molecule has 1 atom stereocenters. The van der Waals surface area contributed by atoms with E-state index in [4.69, 9.17) is 9.78 Å². The first-order valence-electron chi connectivity index (χ1n) is 4.65. The zero-order valence-electron chi connectivity index (χ0n) is 8.45. The molecule has 0 aliphatic rings. The summed E-state index contributed by atoms with van der Waals surface area (Å²) in [4.78, 5) is 4.05. The second kappa shape index (κ2) is 5.35. The molecule has 14 heavy (non-hydrogen) atoms. The van der Waals surface area contributed by atoms with Crippen LogP contribution in [0.15, 0.2) is 4.52 Å². The summed E-state index contributed by atoms with van der Waals surface area (Å²) >= 11 is 0. The molecule has 0 saturated heterocycles. The highest BCUT2D eigenvalue weighted by molar-refractivity contribution is 4.85. The van der Waals surface area contributed by atoms with Crippen molar-refractivity contribution in [2.24, 2.45) is 0 Å². The Labute approximate surface area is 83.1 Å². The van der Waals surface area contributed by atoms with Crippen molar-refractivity contribution in [2.75, 3.05) is 0 Å². The van der Waals surface area contributed by atoms with Gasteiger partial charge in [0.15, 0.2) is 5.82 Å². The molecule has 0 radical (unpaired) electrons. The minimum Gasteiger partial charge on any atom is -0.338 e. The average Bonchev–Trinajstić information content (AvgIpc) is 2.59.